The topological polar surface area (TPSA) is 75.6 Å². The normalized spacial score (nSPS) is 28.3. The average molecular weight is 340 g/mol. The molecule has 0 bridgehead atoms. The van der Waals surface area contributed by atoms with E-state index >= 15 is 0 Å². The summed E-state index contributed by atoms with van der Waals surface area (Å²) in [5.41, 5.74) is 0.871. The van der Waals surface area contributed by atoms with E-state index in [0.29, 0.717) is 31.6 Å². The molecular weight excluding hydrogens is 316 g/mol. The highest BCUT2D eigenvalue weighted by Crippen LogP contribution is 2.49. The number of rotatable bonds is 5. The monoisotopic (exact) mass is 340 g/mol. The summed E-state index contributed by atoms with van der Waals surface area (Å²) in [4.78, 5) is 8.35. The number of fused-ring (bicyclic) bond motifs is 1. The van der Waals surface area contributed by atoms with E-state index < -0.39 is 10.2 Å². The summed E-state index contributed by atoms with van der Waals surface area (Å²) in [5.74, 6) is 0.350. The minimum atomic E-state index is -3.37. The van der Waals surface area contributed by atoms with Crippen molar-refractivity contribution in [2.24, 2.45) is 11.3 Å². The molecule has 2 unspecified atom stereocenters. The molecule has 0 radical (unpaired) electrons. The highest BCUT2D eigenvalue weighted by Gasteiger charge is 2.53. The van der Waals surface area contributed by atoms with Crippen molar-refractivity contribution in [2.75, 3.05) is 33.8 Å². The Morgan fingerprint density at radius 1 is 1.39 bits per heavy atom. The van der Waals surface area contributed by atoms with E-state index in [1.807, 2.05) is 6.92 Å². The molecule has 1 saturated heterocycles. The number of aryl methyl sites for hydroxylation is 1. The first-order valence-electron chi connectivity index (χ1n) is 7.92. The Balaban J connectivity index is 1.73. The van der Waals surface area contributed by atoms with Gasteiger partial charge in [0.15, 0.2) is 0 Å². The molecule has 0 spiro atoms. The molecule has 2 atom stereocenters. The molecule has 23 heavy (non-hydrogen) atoms. The van der Waals surface area contributed by atoms with Crippen LogP contribution < -0.4 is 4.74 Å². The molecule has 1 aliphatic carbocycles. The van der Waals surface area contributed by atoms with E-state index in [1.54, 1.807) is 30.8 Å². The molecule has 1 aromatic rings. The van der Waals surface area contributed by atoms with Crippen LogP contribution in [0.25, 0.3) is 0 Å². The molecule has 1 saturated carbocycles. The maximum atomic E-state index is 12.4. The Bertz CT molecular complexity index is 662. The van der Waals surface area contributed by atoms with Crippen molar-refractivity contribution in [3.8, 4) is 6.01 Å². The van der Waals surface area contributed by atoms with Gasteiger partial charge in [-0.25, -0.2) is 9.97 Å². The lowest BCUT2D eigenvalue weighted by Crippen LogP contribution is -2.41. The van der Waals surface area contributed by atoms with Gasteiger partial charge in [0.1, 0.15) is 0 Å². The van der Waals surface area contributed by atoms with Crippen molar-refractivity contribution < 1.29 is 13.2 Å². The SMILES string of the molecule is Cc1cnc(OCC23CCCC2CN(S(=O)(=O)N(C)C)C3)nc1. The number of hydrogen-bond acceptors (Lipinski definition) is 5. The standard InChI is InChI=1S/C15H24N4O3S/c1-12-7-16-14(17-8-12)22-11-15-6-4-5-13(15)9-19(10-15)23(20,21)18(2)3/h7-8,13H,4-6,9-11H2,1-3H3. The van der Waals surface area contributed by atoms with Crippen LogP contribution in [0.5, 0.6) is 6.01 Å². The summed E-state index contributed by atoms with van der Waals surface area (Å²) in [7, 11) is -0.213. The van der Waals surface area contributed by atoms with Crippen molar-refractivity contribution in [2.45, 2.75) is 26.2 Å². The van der Waals surface area contributed by atoms with Crippen LogP contribution in [0.3, 0.4) is 0 Å². The zero-order chi connectivity index (χ0) is 16.7. The van der Waals surface area contributed by atoms with Crippen LogP contribution in [0.2, 0.25) is 0 Å². The Morgan fingerprint density at radius 2 is 2.09 bits per heavy atom. The highest BCUT2D eigenvalue weighted by molar-refractivity contribution is 7.86. The molecular formula is C15H24N4O3S. The zero-order valence-electron chi connectivity index (χ0n) is 13.9. The maximum absolute atomic E-state index is 12.4. The third-order valence-corrected chi connectivity index (χ3v) is 6.90. The molecule has 0 N–H and O–H groups in total. The van der Waals surface area contributed by atoms with E-state index in [-0.39, 0.29) is 5.41 Å². The predicted molar refractivity (Wildman–Crippen MR) is 86.2 cm³/mol. The average Bonchev–Trinajstić information content (AvgIpc) is 3.04. The highest BCUT2D eigenvalue weighted by atomic mass is 32.2. The van der Waals surface area contributed by atoms with Gasteiger partial charge >= 0.3 is 6.01 Å². The van der Waals surface area contributed by atoms with Crippen LogP contribution in [-0.4, -0.2) is 60.8 Å². The van der Waals surface area contributed by atoms with Gasteiger partial charge in [0.05, 0.1) is 6.61 Å². The van der Waals surface area contributed by atoms with Crippen molar-refractivity contribution in [3.05, 3.63) is 18.0 Å². The Kier molecular flexibility index (Phi) is 4.33. The number of nitrogens with zero attached hydrogens (tertiary/aromatic N) is 4. The smallest absolute Gasteiger partial charge is 0.316 e. The van der Waals surface area contributed by atoms with Crippen LogP contribution in [0.15, 0.2) is 12.4 Å². The van der Waals surface area contributed by atoms with E-state index in [0.717, 1.165) is 24.8 Å². The molecule has 7 nitrogen and oxygen atoms in total. The zero-order valence-corrected chi connectivity index (χ0v) is 14.7. The maximum Gasteiger partial charge on any atom is 0.316 e. The van der Waals surface area contributed by atoms with E-state index in [2.05, 4.69) is 9.97 Å². The summed E-state index contributed by atoms with van der Waals surface area (Å²) in [6.07, 6.45) is 6.62. The molecule has 128 valence electrons. The quantitative estimate of drug-likeness (QED) is 0.801. The Hall–Kier alpha value is -1.25. The van der Waals surface area contributed by atoms with Gasteiger partial charge in [0.25, 0.3) is 10.2 Å². The fourth-order valence-corrected chi connectivity index (χ4v) is 4.92. The van der Waals surface area contributed by atoms with E-state index in [1.165, 1.54) is 4.31 Å². The van der Waals surface area contributed by atoms with Gasteiger partial charge in [-0.1, -0.05) is 6.42 Å². The third-order valence-electron chi connectivity index (χ3n) is 5.04. The Labute approximate surface area is 137 Å². The molecule has 8 heteroatoms. The van der Waals surface area contributed by atoms with Crippen LogP contribution in [0, 0.1) is 18.3 Å². The van der Waals surface area contributed by atoms with Crippen LogP contribution in [0.1, 0.15) is 24.8 Å². The number of hydrogen-bond donors (Lipinski definition) is 0. The van der Waals surface area contributed by atoms with Gasteiger partial charge in [-0.2, -0.15) is 17.0 Å². The van der Waals surface area contributed by atoms with Crippen molar-refractivity contribution >= 4 is 10.2 Å². The second-order valence-electron chi connectivity index (χ2n) is 6.87. The van der Waals surface area contributed by atoms with E-state index in [9.17, 15) is 8.42 Å². The fraction of sp³-hybridized carbons (Fsp3) is 0.733. The summed E-state index contributed by atoms with van der Waals surface area (Å²) < 4.78 is 33.5. The van der Waals surface area contributed by atoms with Crippen molar-refractivity contribution in [1.29, 1.82) is 0 Å². The van der Waals surface area contributed by atoms with Crippen LogP contribution in [-0.2, 0) is 10.2 Å². The van der Waals surface area contributed by atoms with Gasteiger partial charge in [-0.15, -0.1) is 0 Å². The first kappa shape index (κ1) is 16.6. The second-order valence-corrected chi connectivity index (χ2v) is 9.01. The van der Waals surface area contributed by atoms with Crippen molar-refractivity contribution in [1.82, 2.24) is 18.6 Å². The van der Waals surface area contributed by atoms with Gasteiger partial charge in [-0.3, -0.25) is 0 Å². The first-order chi connectivity index (χ1) is 10.8. The van der Waals surface area contributed by atoms with Crippen molar-refractivity contribution in [3.63, 3.8) is 0 Å². The lowest BCUT2D eigenvalue weighted by molar-refractivity contribution is 0.125. The largest absolute Gasteiger partial charge is 0.463 e. The third kappa shape index (κ3) is 3.07. The fourth-order valence-electron chi connectivity index (χ4n) is 3.67. The summed E-state index contributed by atoms with van der Waals surface area (Å²) in [6.45, 7) is 3.50. The molecule has 0 amide bonds. The minimum absolute atomic E-state index is 0.114. The van der Waals surface area contributed by atoms with Gasteiger partial charge in [0, 0.05) is 45.0 Å². The summed E-state index contributed by atoms with van der Waals surface area (Å²) >= 11 is 0. The van der Waals surface area contributed by atoms with Gasteiger partial charge in [0.2, 0.25) is 0 Å². The van der Waals surface area contributed by atoms with Crippen LogP contribution in [0.4, 0.5) is 0 Å². The second kappa shape index (κ2) is 5.99. The van der Waals surface area contributed by atoms with Gasteiger partial charge in [-0.05, 0) is 31.2 Å². The summed E-state index contributed by atoms with van der Waals surface area (Å²) in [6, 6.07) is 0.365. The number of ether oxygens (including phenoxy) is 1. The van der Waals surface area contributed by atoms with Crippen LogP contribution >= 0.6 is 0 Å². The summed E-state index contributed by atoms with van der Waals surface area (Å²) in [5, 5.41) is 0. The predicted octanol–water partition coefficient (Wildman–Crippen LogP) is 1.07. The minimum Gasteiger partial charge on any atom is -0.463 e. The molecule has 3 rings (SSSR count). The van der Waals surface area contributed by atoms with E-state index in [4.69, 9.17) is 4.74 Å². The molecule has 2 aliphatic rings. The first-order valence-corrected chi connectivity index (χ1v) is 9.32. The Morgan fingerprint density at radius 3 is 2.74 bits per heavy atom. The lowest BCUT2D eigenvalue weighted by atomic mass is 9.82. The molecule has 1 aliphatic heterocycles. The number of aromatic nitrogens is 2. The van der Waals surface area contributed by atoms with Gasteiger partial charge < -0.3 is 4.74 Å². The molecule has 1 aromatic heterocycles. The molecule has 2 heterocycles. The molecule has 2 fully saturated rings. The molecule has 0 aromatic carbocycles. The lowest BCUT2D eigenvalue weighted by Gasteiger charge is -2.28.